The first kappa shape index (κ1) is 135. The molecule has 43 nitrogen and oxygen atoms in total. The van der Waals surface area contributed by atoms with Crippen LogP contribution in [0, 0.1) is 200 Å². The molecule has 0 bridgehead atoms. The van der Waals surface area contributed by atoms with Crippen molar-refractivity contribution in [3.05, 3.63) is 24.3 Å². The van der Waals surface area contributed by atoms with Crippen molar-refractivity contribution in [3.63, 3.8) is 0 Å². The van der Waals surface area contributed by atoms with Gasteiger partial charge in [-0.05, 0) is 51.4 Å². The molecule has 0 aromatic rings. The maximum Gasteiger partial charge on any atom is 3.00 e. The standard InChI is InChI=1S/3C14H23N3O10.2C14H27NO.5Gd/c3*18-10(19)5-15(1-3-16(6-11(20)21)7-12(22)23)2-4-17(8-13(24)25)9-14(26)27;2*1-2-3-4-5-6-7-8-9-10-11-12-13-14(15)16;;;;;/h3*1-9H2,(H,18,19)(H,20,21)(H,22,23)(H,24,25)(H,26,27);2*5-6H,2-4,7-13H2,1H3,(H2,15,16);;;;;/q;;;;;5*+3/p-15/b;;;2*6-5+;;;;;. The molecule has 5 radical (unpaired) electrons. The van der Waals surface area contributed by atoms with E-state index in [2.05, 4.69) is 38.2 Å². The normalized spacial score (nSPS) is 10.6. The Kier molecular flexibility index (Phi) is 105. The molecule has 0 aliphatic carbocycles. The fourth-order valence-corrected chi connectivity index (χ4v) is 9.83. The van der Waals surface area contributed by atoms with Crippen molar-refractivity contribution in [2.75, 3.05) is 177 Å². The smallest absolute Gasteiger partial charge is 0.549 e. The van der Waals surface area contributed by atoms with Crippen LogP contribution in [0.1, 0.15) is 142 Å². The maximum absolute atomic E-state index is 10.8. The van der Waals surface area contributed by atoms with Gasteiger partial charge in [-0.25, -0.2) is 0 Å². The molecule has 2 amide bonds. The Morgan fingerprint density at radius 1 is 0.195 bits per heavy atom. The number of carbonyl (C=O) groups is 17. The molecule has 48 heteroatoms. The third-order valence-electron chi connectivity index (χ3n) is 15.1. The number of amides is 2. The van der Waals surface area contributed by atoms with Crippen molar-refractivity contribution in [2.24, 2.45) is 11.5 Å². The van der Waals surface area contributed by atoms with Crippen LogP contribution < -0.4 is 88.1 Å². The molecule has 0 aromatic carbocycles. The number of carbonyl (C=O) groups excluding carboxylic acids is 17. The zero-order chi connectivity index (χ0) is 87.1. The Balaban J connectivity index is -0.000000155. The minimum Gasteiger partial charge on any atom is -0.549 e. The van der Waals surface area contributed by atoms with Crippen LogP contribution >= 0.6 is 0 Å². The molecule has 0 aliphatic rings. The molecule has 0 aliphatic heterocycles. The Hall–Kier alpha value is -3.27. The fourth-order valence-electron chi connectivity index (χ4n) is 9.83. The summed E-state index contributed by atoms with van der Waals surface area (Å²) in [4.78, 5) is 190. The number of unbranched alkanes of at least 4 members (excludes halogenated alkanes) is 14. The number of hydrogen-bond acceptors (Lipinski definition) is 41. The third kappa shape index (κ3) is 111. The van der Waals surface area contributed by atoms with Crippen molar-refractivity contribution in [2.45, 2.75) is 142 Å². The molecule has 0 unspecified atom stereocenters. The second-order valence-corrected chi connectivity index (χ2v) is 25.4. The monoisotopic (exact) mass is 2400 g/mol. The van der Waals surface area contributed by atoms with Crippen molar-refractivity contribution < 1.29 is 358 Å². The van der Waals surface area contributed by atoms with E-state index in [9.17, 15) is 158 Å². The summed E-state index contributed by atoms with van der Waals surface area (Å²) in [5.41, 5.74) is 10.1. The Morgan fingerprint density at radius 2 is 0.314 bits per heavy atom. The molecule has 0 aromatic heterocycles. The summed E-state index contributed by atoms with van der Waals surface area (Å²) >= 11 is 0. The summed E-state index contributed by atoms with van der Waals surface area (Å²) in [5.74, 6) is -23.3. The first-order valence-electron chi connectivity index (χ1n) is 36.4. The fraction of sp³-hybridized carbons (Fsp3) is 0.700. The van der Waals surface area contributed by atoms with Crippen LogP contribution in [0.2, 0.25) is 0 Å². The largest absolute Gasteiger partial charge is 3.00 e. The van der Waals surface area contributed by atoms with Gasteiger partial charge in [-0.2, -0.15) is 0 Å². The molecule has 0 saturated carbocycles. The number of carboxylic acids is 15. The van der Waals surface area contributed by atoms with Gasteiger partial charge in [-0.15, -0.1) is 0 Å². The predicted octanol–water partition coefficient (Wildman–Crippen LogP) is -20.2. The van der Waals surface area contributed by atoms with Crippen LogP contribution in [0.3, 0.4) is 0 Å². The van der Waals surface area contributed by atoms with Gasteiger partial charge in [0.2, 0.25) is 11.8 Å². The van der Waals surface area contributed by atoms with E-state index in [1.54, 1.807) is 0 Å². The number of primary amides is 2. The molecule has 675 valence electrons. The summed E-state index contributed by atoms with van der Waals surface area (Å²) in [7, 11) is 0. The van der Waals surface area contributed by atoms with E-state index in [1.165, 1.54) is 105 Å². The summed E-state index contributed by atoms with van der Waals surface area (Å²) in [6, 6.07) is 0. The van der Waals surface area contributed by atoms with E-state index >= 15 is 0 Å². The van der Waals surface area contributed by atoms with E-state index in [0.29, 0.717) is 12.8 Å². The van der Waals surface area contributed by atoms with Crippen LogP contribution in [0.25, 0.3) is 0 Å². The van der Waals surface area contributed by atoms with Gasteiger partial charge in [-0.3, -0.25) is 53.7 Å². The minimum absolute atomic E-state index is 0. The second-order valence-electron chi connectivity index (χ2n) is 25.4. The summed E-state index contributed by atoms with van der Waals surface area (Å²) in [6.45, 7) is -8.04. The average molecular weight is 2400 g/mol. The van der Waals surface area contributed by atoms with Crippen LogP contribution in [0.4, 0.5) is 0 Å². The van der Waals surface area contributed by atoms with Gasteiger partial charge in [0.25, 0.3) is 0 Å². The molecular formula is C70H108Gd5N11O32. The van der Waals surface area contributed by atoms with Gasteiger partial charge in [0.05, 0.1) is 89.5 Å². The summed E-state index contributed by atoms with van der Waals surface area (Å²) < 4.78 is 0. The van der Waals surface area contributed by atoms with Crippen molar-refractivity contribution in [1.29, 1.82) is 0 Å². The molecule has 0 heterocycles. The number of allylic oxidation sites excluding steroid dienone is 4. The predicted molar refractivity (Wildman–Crippen MR) is 363 cm³/mol. The number of hydrogen-bond donors (Lipinski definition) is 2. The van der Waals surface area contributed by atoms with Gasteiger partial charge in [0.15, 0.2) is 0 Å². The molecule has 0 rings (SSSR count). The number of aliphatic carboxylic acids is 15. The molecule has 0 spiro atoms. The van der Waals surface area contributed by atoms with Gasteiger partial charge in [0, 0.05) is 190 Å². The van der Waals surface area contributed by atoms with Gasteiger partial charge < -0.3 is 160 Å². The topological polar surface area (TPSA) is 717 Å². The molecular weight excluding hydrogens is 2290 g/mol. The number of nitrogens with two attached hydrogens (primary N) is 2. The molecule has 118 heavy (non-hydrogen) atoms. The Morgan fingerprint density at radius 3 is 0.449 bits per heavy atom. The van der Waals surface area contributed by atoms with Crippen LogP contribution in [-0.2, 0) is 81.5 Å². The second kappa shape index (κ2) is 91.4. The molecule has 4 N–H and O–H groups in total. The van der Waals surface area contributed by atoms with Crippen LogP contribution in [0.5, 0.6) is 0 Å². The van der Waals surface area contributed by atoms with E-state index in [0.717, 1.165) is 55.1 Å². The minimum atomic E-state index is -1.54. The van der Waals surface area contributed by atoms with Gasteiger partial charge in [-0.1, -0.05) is 102 Å². The number of rotatable bonds is 70. The van der Waals surface area contributed by atoms with E-state index in [-0.39, 0.29) is 290 Å². The summed E-state index contributed by atoms with van der Waals surface area (Å²) in [6.07, 6.45) is 32.1. The number of carboxylic acid groups (broad SMARTS) is 15. The average Bonchev–Trinajstić information content (AvgIpc) is 0.928. The first-order chi connectivity index (χ1) is 53.0. The molecule has 0 atom stereocenters. The van der Waals surface area contributed by atoms with Crippen molar-refractivity contribution in [1.82, 2.24) is 44.1 Å². The molecule has 0 fully saturated rings. The zero-order valence-electron chi connectivity index (χ0n) is 66.1. The first-order valence-corrected chi connectivity index (χ1v) is 36.4. The Bertz CT molecular complexity index is 2420. The van der Waals surface area contributed by atoms with E-state index < -0.39 is 188 Å². The van der Waals surface area contributed by atoms with E-state index in [1.807, 2.05) is 0 Å². The van der Waals surface area contributed by atoms with Crippen LogP contribution in [-0.4, -0.2) is 322 Å². The Labute approximate surface area is 847 Å². The van der Waals surface area contributed by atoms with Crippen LogP contribution in [0.15, 0.2) is 24.3 Å². The van der Waals surface area contributed by atoms with Crippen molar-refractivity contribution in [3.8, 4) is 0 Å². The zero-order valence-corrected chi connectivity index (χ0v) is 77.4. The summed E-state index contributed by atoms with van der Waals surface area (Å²) in [5, 5.41) is 160. The molecule has 0 saturated heterocycles. The third-order valence-corrected chi connectivity index (χ3v) is 15.1. The quantitative estimate of drug-likeness (QED) is 0.0422. The van der Waals surface area contributed by atoms with Gasteiger partial charge in [0.1, 0.15) is 0 Å². The maximum atomic E-state index is 10.8. The van der Waals surface area contributed by atoms with Crippen molar-refractivity contribution >= 4 is 101 Å². The SMILES string of the molecule is CCCC/C=C/CCCCCCCC(N)=O.CCCC/C=C/CCCCCCCC(N)=O.O=C([O-])CN(CCN(CC(=O)[O-])CC(=O)[O-])CCN(CC(=O)[O-])CC(=O)[O-].O=C([O-])CN(CCN(CC(=O)[O-])CC(=O)[O-])CCN(CC(=O)[O-])CC(=O)[O-].O=C([O-])CN(CCN(CC(=O)[O-])CC(=O)[O-])CCN(CC(=O)[O-])CC(=O)[O-].[Gd+3].[Gd+3].[Gd+3].[Gd+3].[Gd+3]. The number of nitrogens with zero attached hydrogens (tertiary/aromatic N) is 9. The van der Waals surface area contributed by atoms with E-state index in [4.69, 9.17) is 11.5 Å². The van der Waals surface area contributed by atoms with Gasteiger partial charge >= 0.3 is 200 Å².